The Balaban J connectivity index is 1.59. The molecule has 1 atom stereocenters. The summed E-state index contributed by atoms with van der Waals surface area (Å²) in [5, 5.41) is 12.7. The molecular weight excluding hydrogens is 564 g/mol. The average Bonchev–Trinajstić information content (AvgIpc) is 2.96. The van der Waals surface area contributed by atoms with Crippen molar-refractivity contribution in [3.05, 3.63) is 113 Å². The lowest BCUT2D eigenvalue weighted by Crippen LogP contribution is -2.43. The molecule has 11 heteroatoms. The van der Waals surface area contributed by atoms with Crippen LogP contribution in [0.2, 0.25) is 0 Å². The molecule has 0 aromatic heterocycles. The van der Waals surface area contributed by atoms with Crippen molar-refractivity contribution in [2.75, 3.05) is 7.11 Å². The number of rotatable bonds is 7. The summed E-state index contributed by atoms with van der Waals surface area (Å²) in [6.07, 6.45) is -9.36. The van der Waals surface area contributed by atoms with Crippen LogP contribution in [-0.4, -0.2) is 30.1 Å². The first-order valence-electron chi connectivity index (χ1n) is 12.4. The van der Waals surface area contributed by atoms with Gasteiger partial charge in [0.25, 0.3) is 5.91 Å². The fourth-order valence-corrected chi connectivity index (χ4v) is 4.48. The molecule has 0 spiro atoms. The van der Waals surface area contributed by atoms with E-state index in [1.165, 1.54) is 66.7 Å². The number of carbonyl (C=O) groups is 2. The summed E-state index contributed by atoms with van der Waals surface area (Å²) in [5.74, 6) is -2.34. The molecule has 0 saturated heterocycles. The third-order valence-corrected chi connectivity index (χ3v) is 6.51. The number of nitrogens with one attached hydrogen (secondary N) is 1. The summed E-state index contributed by atoms with van der Waals surface area (Å²) in [6.45, 7) is 0. The zero-order valence-corrected chi connectivity index (χ0v) is 21.9. The molecule has 0 radical (unpaired) electrons. The number of alkyl halides is 6. The molecule has 218 valence electrons. The molecule has 0 heterocycles. The van der Waals surface area contributed by atoms with Crippen LogP contribution in [0.15, 0.2) is 91.0 Å². The molecule has 0 unspecified atom stereocenters. The Kier molecular flexibility index (Phi) is 8.60. The number of phenols is 1. The van der Waals surface area contributed by atoms with Crippen LogP contribution in [-0.2, 0) is 28.3 Å². The number of halogens is 6. The van der Waals surface area contributed by atoms with Crippen LogP contribution < -0.4 is 5.32 Å². The molecule has 4 rings (SSSR count). The van der Waals surface area contributed by atoms with Gasteiger partial charge in [0, 0.05) is 6.42 Å². The van der Waals surface area contributed by atoms with Gasteiger partial charge in [0.2, 0.25) is 0 Å². The van der Waals surface area contributed by atoms with Crippen molar-refractivity contribution in [3.63, 3.8) is 0 Å². The molecule has 4 aromatic carbocycles. The van der Waals surface area contributed by atoms with Crippen molar-refractivity contribution < 1.29 is 45.8 Å². The molecule has 5 nitrogen and oxygen atoms in total. The summed E-state index contributed by atoms with van der Waals surface area (Å²) < 4.78 is 85.7. The third kappa shape index (κ3) is 6.73. The largest absolute Gasteiger partial charge is 0.507 e. The van der Waals surface area contributed by atoms with Crippen LogP contribution in [0.4, 0.5) is 26.3 Å². The Morgan fingerprint density at radius 1 is 0.762 bits per heavy atom. The van der Waals surface area contributed by atoms with Gasteiger partial charge in [0.05, 0.1) is 23.8 Å². The number of hydrogen-bond donors (Lipinski definition) is 2. The van der Waals surface area contributed by atoms with Crippen molar-refractivity contribution in [2.24, 2.45) is 0 Å². The van der Waals surface area contributed by atoms with Gasteiger partial charge >= 0.3 is 18.3 Å². The topological polar surface area (TPSA) is 75.6 Å². The van der Waals surface area contributed by atoms with E-state index in [0.29, 0.717) is 5.56 Å². The fraction of sp³-hybridized carbons (Fsp3) is 0.161. The Bertz CT molecular complexity index is 1600. The van der Waals surface area contributed by atoms with E-state index in [-0.39, 0.29) is 34.2 Å². The van der Waals surface area contributed by atoms with Crippen LogP contribution in [0.3, 0.4) is 0 Å². The molecule has 0 fully saturated rings. The van der Waals surface area contributed by atoms with Crippen molar-refractivity contribution in [3.8, 4) is 28.0 Å². The number of carbonyl (C=O) groups excluding carboxylic acids is 2. The summed E-state index contributed by atoms with van der Waals surface area (Å²) in [7, 11) is 1.09. The third-order valence-electron chi connectivity index (χ3n) is 6.51. The Hall–Kier alpha value is -4.80. The second-order valence-corrected chi connectivity index (χ2v) is 9.27. The summed E-state index contributed by atoms with van der Waals surface area (Å²) in [5.41, 5.74) is -1.60. The predicted octanol–water partition coefficient (Wildman–Crippen LogP) is 7.28. The molecule has 4 aromatic rings. The Morgan fingerprint density at radius 3 is 1.79 bits per heavy atom. The van der Waals surface area contributed by atoms with Crippen LogP contribution in [0.1, 0.15) is 27.0 Å². The lowest BCUT2D eigenvalue weighted by molar-refractivity contribution is -0.143. The maximum Gasteiger partial charge on any atom is 0.417 e. The Morgan fingerprint density at radius 2 is 1.26 bits per heavy atom. The molecule has 42 heavy (non-hydrogen) atoms. The highest BCUT2D eigenvalue weighted by Crippen LogP contribution is 2.39. The van der Waals surface area contributed by atoms with E-state index >= 15 is 0 Å². The second-order valence-electron chi connectivity index (χ2n) is 9.27. The number of amides is 1. The molecule has 0 aliphatic rings. The first kappa shape index (κ1) is 30.2. The fourth-order valence-electron chi connectivity index (χ4n) is 4.48. The van der Waals surface area contributed by atoms with E-state index in [1.54, 1.807) is 0 Å². The smallest absolute Gasteiger partial charge is 0.417 e. The maximum atomic E-state index is 13.5. The zero-order chi connectivity index (χ0) is 30.7. The lowest BCUT2D eigenvalue weighted by atomic mass is 9.96. The van der Waals surface area contributed by atoms with Crippen LogP contribution in [0.5, 0.6) is 5.75 Å². The highest BCUT2D eigenvalue weighted by Gasteiger charge is 2.34. The SMILES string of the molecule is COC(=O)[C@H](Cc1ccc(-c2ccccc2C(F)(F)F)cc1)NC(=O)c1cc(-c2ccccc2C(F)(F)F)ccc1O. The summed E-state index contributed by atoms with van der Waals surface area (Å²) in [4.78, 5) is 25.6. The van der Waals surface area contributed by atoms with Crippen LogP contribution in [0, 0.1) is 0 Å². The van der Waals surface area contributed by atoms with Gasteiger partial charge in [-0.25, -0.2) is 4.79 Å². The van der Waals surface area contributed by atoms with Crippen molar-refractivity contribution in [2.45, 2.75) is 24.8 Å². The van der Waals surface area contributed by atoms with Crippen LogP contribution >= 0.6 is 0 Å². The standard InChI is InChI=1S/C31H23F6NO4/c1-42-29(41)26(16-18-10-12-19(13-11-18)21-6-2-4-8-24(21)30(32,33)34)38-28(40)23-17-20(14-15-27(23)39)22-7-3-5-9-25(22)31(35,36)37/h2-15,17,26,39H,16H2,1H3,(H,38,40)/t26-/m0/s1. The normalized spacial score (nSPS) is 12.5. The van der Waals surface area contributed by atoms with E-state index in [2.05, 4.69) is 5.32 Å². The predicted molar refractivity (Wildman–Crippen MR) is 142 cm³/mol. The maximum absolute atomic E-state index is 13.5. The lowest BCUT2D eigenvalue weighted by Gasteiger charge is -2.18. The van der Waals surface area contributed by atoms with Gasteiger partial charge in [-0.05, 0) is 52.1 Å². The van der Waals surface area contributed by atoms with Gasteiger partial charge in [0.15, 0.2) is 0 Å². The average molecular weight is 588 g/mol. The quantitative estimate of drug-likeness (QED) is 0.176. The number of ether oxygens (including phenoxy) is 1. The first-order chi connectivity index (χ1) is 19.8. The van der Waals surface area contributed by atoms with E-state index in [4.69, 9.17) is 4.74 Å². The van der Waals surface area contributed by atoms with E-state index in [1.807, 2.05) is 0 Å². The van der Waals surface area contributed by atoms with Gasteiger partial charge in [0.1, 0.15) is 11.8 Å². The van der Waals surface area contributed by atoms with Crippen molar-refractivity contribution in [1.82, 2.24) is 5.32 Å². The minimum atomic E-state index is -4.67. The van der Waals surface area contributed by atoms with E-state index < -0.39 is 47.1 Å². The first-order valence-corrected chi connectivity index (χ1v) is 12.4. The van der Waals surface area contributed by atoms with E-state index in [9.17, 15) is 41.0 Å². The molecule has 0 aliphatic heterocycles. The molecule has 2 N–H and O–H groups in total. The van der Waals surface area contributed by atoms with Crippen molar-refractivity contribution in [1.29, 1.82) is 0 Å². The number of esters is 1. The van der Waals surface area contributed by atoms with Gasteiger partial charge in [-0.15, -0.1) is 0 Å². The Labute approximate surface area is 236 Å². The number of methoxy groups -OCH3 is 1. The number of hydrogen-bond acceptors (Lipinski definition) is 4. The van der Waals surface area contributed by atoms with Gasteiger partial charge in [-0.1, -0.05) is 66.7 Å². The summed E-state index contributed by atoms with van der Waals surface area (Å²) in [6, 6.07) is 17.8. The summed E-state index contributed by atoms with van der Waals surface area (Å²) >= 11 is 0. The monoisotopic (exact) mass is 587 g/mol. The highest BCUT2D eigenvalue weighted by atomic mass is 19.4. The molecule has 0 aliphatic carbocycles. The van der Waals surface area contributed by atoms with Gasteiger partial charge in [-0.2, -0.15) is 26.3 Å². The zero-order valence-electron chi connectivity index (χ0n) is 21.9. The molecule has 1 amide bonds. The molecule has 0 saturated carbocycles. The van der Waals surface area contributed by atoms with Crippen LogP contribution in [0.25, 0.3) is 22.3 Å². The van der Waals surface area contributed by atoms with E-state index in [0.717, 1.165) is 31.4 Å². The number of aromatic hydroxyl groups is 1. The van der Waals surface area contributed by atoms with Gasteiger partial charge in [-0.3, -0.25) is 4.79 Å². The van der Waals surface area contributed by atoms with Crippen molar-refractivity contribution >= 4 is 11.9 Å². The second kappa shape index (κ2) is 12.0. The number of benzene rings is 4. The minimum Gasteiger partial charge on any atom is -0.507 e. The minimum absolute atomic E-state index is 0.00946. The highest BCUT2D eigenvalue weighted by molar-refractivity contribution is 6.00. The molecule has 0 bridgehead atoms. The number of phenolic OH excluding ortho intramolecular Hbond substituents is 1. The molecular formula is C31H23F6NO4. The van der Waals surface area contributed by atoms with Gasteiger partial charge < -0.3 is 15.2 Å².